The van der Waals surface area contributed by atoms with E-state index in [2.05, 4.69) is 15.9 Å². The highest BCUT2D eigenvalue weighted by molar-refractivity contribution is 9.10. The first-order chi connectivity index (χ1) is 9.85. The minimum Gasteiger partial charge on any atom is -0.496 e. The van der Waals surface area contributed by atoms with Gasteiger partial charge in [0.2, 0.25) is 0 Å². The second-order valence-electron chi connectivity index (χ2n) is 4.83. The number of halogens is 4. The van der Waals surface area contributed by atoms with Crippen LogP contribution in [0, 0.1) is 25.5 Å². The number of ether oxygens (including phenoxy) is 1. The molecule has 0 bridgehead atoms. The van der Waals surface area contributed by atoms with Gasteiger partial charge < -0.3 is 4.74 Å². The van der Waals surface area contributed by atoms with Gasteiger partial charge in [-0.2, -0.15) is 0 Å². The summed E-state index contributed by atoms with van der Waals surface area (Å²) >= 11 is 9.35. The lowest BCUT2D eigenvalue weighted by Gasteiger charge is -2.16. The van der Waals surface area contributed by atoms with E-state index in [9.17, 15) is 8.78 Å². The van der Waals surface area contributed by atoms with Gasteiger partial charge in [0.05, 0.1) is 12.5 Å². The molecular formula is C16H14BrClF2O. The molecule has 112 valence electrons. The zero-order valence-corrected chi connectivity index (χ0v) is 14.1. The lowest BCUT2D eigenvalue weighted by molar-refractivity contribution is 0.408. The van der Waals surface area contributed by atoms with Crippen molar-refractivity contribution in [1.29, 1.82) is 0 Å². The van der Waals surface area contributed by atoms with E-state index in [0.29, 0.717) is 10.0 Å². The van der Waals surface area contributed by atoms with Gasteiger partial charge in [-0.25, -0.2) is 8.78 Å². The maximum Gasteiger partial charge on any atom is 0.132 e. The zero-order valence-electron chi connectivity index (χ0n) is 11.8. The molecule has 0 heterocycles. The molecule has 0 fully saturated rings. The summed E-state index contributed by atoms with van der Waals surface area (Å²) < 4.78 is 33.7. The number of rotatable bonds is 3. The third-order valence-electron chi connectivity index (χ3n) is 3.28. The summed E-state index contributed by atoms with van der Waals surface area (Å²) in [4.78, 5) is 0. The van der Waals surface area contributed by atoms with E-state index < -0.39 is 17.0 Å². The Bertz CT molecular complexity index is 642. The van der Waals surface area contributed by atoms with Crippen molar-refractivity contribution in [1.82, 2.24) is 0 Å². The maximum atomic E-state index is 14.0. The first-order valence-corrected chi connectivity index (χ1v) is 7.51. The van der Waals surface area contributed by atoms with Crippen molar-refractivity contribution in [3.05, 3.63) is 62.6 Å². The highest BCUT2D eigenvalue weighted by Gasteiger charge is 2.22. The number of alkyl halides is 1. The van der Waals surface area contributed by atoms with Crippen molar-refractivity contribution in [2.45, 2.75) is 19.2 Å². The number of benzene rings is 2. The fraction of sp³-hybridized carbons (Fsp3) is 0.250. The van der Waals surface area contributed by atoms with Gasteiger partial charge in [0.15, 0.2) is 0 Å². The van der Waals surface area contributed by atoms with E-state index >= 15 is 0 Å². The Hall–Kier alpha value is -1.13. The largest absolute Gasteiger partial charge is 0.496 e. The molecule has 1 nitrogen and oxygen atoms in total. The van der Waals surface area contributed by atoms with Crippen molar-refractivity contribution in [2.75, 3.05) is 7.11 Å². The smallest absolute Gasteiger partial charge is 0.132 e. The topological polar surface area (TPSA) is 9.23 Å². The molecule has 0 aromatic heterocycles. The van der Waals surface area contributed by atoms with Crippen molar-refractivity contribution < 1.29 is 13.5 Å². The Kier molecular flexibility index (Phi) is 4.89. The van der Waals surface area contributed by atoms with Crippen molar-refractivity contribution in [3.63, 3.8) is 0 Å². The van der Waals surface area contributed by atoms with Crippen LogP contribution in [0.25, 0.3) is 0 Å². The molecule has 0 aliphatic rings. The predicted molar refractivity (Wildman–Crippen MR) is 84.2 cm³/mol. The molecule has 0 saturated carbocycles. The molecule has 2 aromatic carbocycles. The average Bonchev–Trinajstić information content (AvgIpc) is 2.36. The molecule has 21 heavy (non-hydrogen) atoms. The number of hydrogen-bond donors (Lipinski definition) is 0. The van der Waals surface area contributed by atoms with Crippen LogP contribution in [0.5, 0.6) is 5.75 Å². The molecule has 0 N–H and O–H groups in total. The molecule has 0 radical (unpaired) electrons. The summed E-state index contributed by atoms with van der Waals surface area (Å²) in [7, 11) is 1.58. The number of aryl methyl sites for hydroxylation is 2. The molecule has 2 rings (SSSR count). The number of methoxy groups -OCH3 is 1. The van der Waals surface area contributed by atoms with Gasteiger partial charge in [0, 0.05) is 10.0 Å². The highest BCUT2D eigenvalue weighted by Crippen LogP contribution is 2.37. The van der Waals surface area contributed by atoms with E-state index in [1.54, 1.807) is 19.2 Å². The van der Waals surface area contributed by atoms with Crippen LogP contribution in [0.2, 0.25) is 0 Å². The van der Waals surface area contributed by atoms with Crippen molar-refractivity contribution in [3.8, 4) is 5.75 Å². The van der Waals surface area contributed by atoms with Crippen LogP contribution in [0.15, 0.2) is 28.7 Å². The summed E-state index contributed by atoms with van der Waals surface area (Å²) in [6.07, 6.45) is 0. The standard InChI is InChI=1S/C16H14BrClF2O/c1-8-4-10(5-9(2)16(8)21-3)15(18)14-12(19)6-11(17)7-13(14)20/h4-7,15H,1-3H3. The summed E-state index contributed by atoms with van der Waals surface area (Å²) in [6, 6.07) is 5.98. The first-order valence-electron chi connectivity index (χ1n) is 6.28. The second kappa shape index (κ2) is 6.32. The van der Waals surface area contributed by atoms with Gasteiger partial charge in [-0.05, 0) is 42.7 Å². The lowest BCUT2D eigenvalue weighted by Crippen LogP contribution is -2.03. The predicted octanol–water partition coefficient (Wildman–Crippen LogP) is 5.68. The molecule has 0 aliphatic heterocycles. The van der Waals surface area contributed by atoms with Crippen LogP contribution in [0.3, 0.4) is 0 Å². The van der Waals surface area contributed by atoms with E-state index in [0.717, 1.165) is 16.9 Å². The summed E-state index contributed by atoms with van der Waals surface area (Å²) in [5.74, 6) is -0.597. The molecular weight excluding hydrogens is 362 g/mol. The SMILES string of the molecule is COc1c(C)cc(C(Cl)c2c(F)cc(Br)cc2F)cc1C. The molecule has 5 heteroatoms. The maximum absolute atomic E-state index is 14.0. The minimum absolute atomic E-state index is 0.149. The Morgan fingerprint density at radius 1 is 1.05 bits per heavy atom. The Labute approximate surface area is 136 Å². The fourth-order valence-corrected chi connectivity index (χ4v) is 3.15. The summed E-state index contributed by atoms with van der Waals surface area (Å²) in [5, 5.41) is -0.901. The molecule has 0 amide bonds. The first kappa shape index (κ1) is 16.2. The van der Waals surface area contributed by atoms with Gasteiger partial charge >= 0.3 is 0 Å². The van der Waals surface area contributed by atoms with Crippen LogP contribution < -0.4 is 4.74 Å². The van der Waals surface area contributed by atoms with Crippen molar-refractivity contribution in [2.24, 2.45) is 0 Å². The average molecular weight is 376 g/mol. The Morgan fingerprint density at radius 2 is 1.52 bits per heavy atom. The molecule has 1 atom stereocenters. The van der Waals surface area contributed by atoms with Crippen LogP contribution in [-0.2, 0) is 0 Å². The quantitative estimate of drug-likeness (QED) is 0.627. The number of hydrogen-bond acceptors (Lipinski definition) is 1. The van der Waals surface area contributed by atoms with Gasteiger partial charge in [-0.1, -0.05) is 28.1 Å². The summed E-state index contributed by atoms with van der Waals surface area (Å²) in [5.41, 5.74) is 2.23. The third-order valence-corrected chi connectivity index (χ3v) is 4.20. The van der Waals surface area contributed by atoms with E-state index in [1.165, 1.54) is 12.1 Å². The van der Waals surface area contributed by atoms with E-state index in [4.69, 9.17) is 16.3 Å². The van der Waals surface area contributed by atoms with Crippen LogP contribution in [0.1, 0.15) is 27.6 Å². The normalized spacial score (nSPS) is 12.3. The van der Waals surface area contributed by atoms with Crippen LogP contribution >= 0.6 is 27.5 Å². The van der Waals surface area contributed by atoms with Crippen LogP contribution in [-0.4, -0.2) is 7.11 Å². The molecule has 0 saturated heterocycles. The van der Waals surface area contributed by atoms with Crippen molar-refractivity contribution >= 4 is 27.5 Å². The van der Waals surface area contributed by atoms with E-state index in [1.807, 2.05) is 13.8 Å². The minimum atomic E-state index is -0.901. The molecule has 2 aromatic rings. The van der Waals surface area contributed by atoms with Gasteiger partial charge in [0.25, 0.3) is 0 Å². The Morgan fingerprint density at radius 3 is 1.95 bits per heavy atom. The molecule has 0 spiro atoms. The fourth-order valence-electron chi connectivity index (χ4n) is 2.41. The lowest BCUT2D eigenvalue weighted by atomic mass is 9.98. The monoisotopic (exact) mass is 374 g/mol. The Balaban J connectivity index is 2.53. The van der Waals surface area contributed by atoms with Gasteiger partial charge in [-0.15, -0.1) is 11.6 Å². The van der Waals surface area contributed by atoms with Crippen LogP contribution in [0.4, 0.5) is 8.78 Å². The summed E-state index contributed by atoms with van der Waals surface area (Å²) in [6.45, 7) is 3.74. The molecule has 1 unspecified atom stereocenters. The molecule has 0 aliphatic carbocycles. The zero-order chi connectivity index (χ0) is 15.7. The van der Waals surface area contributed by atoms with Gasteiger partial charge in [0.1, 0.15) is 17.4 Å². The van der Waals surface area contributed by atoms with Gasteiger partial charge in [-0.3, -0.25) is 0 Å². The van der Waals surface area contributed by atoms with E-state index in [-0.39, 0.29) is 5.56 Å². The highest BCUT2D eigenvalue weighted by atomic mass is 79.9. The second-order valence-corrected chi connectivity index (χ2v) is 6.19. The third kappa shape index (κ3) is 3.22.